The van der Waals surface area contributed by atoms with Gasteiger partial charge in [0.15, 0.2) is 17.3 Å². The van der Waals surface area contributed by atoms with Gasteiger partial charge >= 0.3 is 0 Å². The van der Waals surface area contributed by atoms with Crippen molar-refractivity contribution in [2.24, 2.45) is 0 Å². The van der Waals surface area contributed by atoms with Crippen molar-refractivity contribution in [2.75, 3.05) is 25.5 Å². The molecule has 1 fully saturated rings. The molecule has 0 unspecified atom stereocenters. The van der Waals surface area contributed by atoms with E-state index in [4.69, 9.17) is 25.6 Å². The highest BCUT2D eigenvalue weighted by Crippen LogP contribution is 2.37. The summed E-state index contributed by atoms with van der Waals surface area (Å²) < 4.78 is 31.5. The van der Waals surface area contributed by atoms with Gasteiger partial charge in [-0.25, -0.2) is 14.4 Å². The average molecular weight is 526 g/mol. The molecular weight excluding hydrogens is 501 g/mol. The van der Waals surface area contributed by atoms with Gasteiger partial charge in [-0.2, -0.15) is 0 Å². The molecule has 5 rings (SSSR count). The Hall–Kier alpha value is -3.92. The number of benzene rings is 2. The maximum Gasteiger partial charge on any atom is 0.230 e. The first-order chi connectivity index (χ1) is 17.9. The molecule has 37 heavy (non-hydrogen) atoms. The summed E-state index contributed by atoms with van der Waals surface area (Å²) in [6.45, 7) is 2.95. The third-order valence-corrected chi connectivity index (χ3v) is 6.51. The quantitative estimate of drug-likeness (QED) is 0.356. The van der Waals surface area contributed by atoms with E-state index in [1.807, 2.05) is 11.8 Å². The number of methoxy groups -OCH3 is 1. The minimum absolute atomic E-state index is 0.000928. The van der Waals surface area contributed by atoms with Crippen LogP contribution >= 0.6 is 11.6 Å². The van der Waals surface area contributed by atoms with Crippen molar-refractivity contribution in [3.63, 3.8) is 0 Å². The number of carbonyl (C=O) groups is 1. The summed E-state index contributed by atoms with van der Waals surface area (Å²) in [5.41, 5.74) is 1.55. The Morgan fingerprint density at radius 1 is 1.22 bits per heavy atom. The van der Waals surface area contributed by atoms with Crippen molar-refractivity contribution in [1.82, 2.24) is 20.0 Å². The molecule has 0 aliphatic carbocycles. The number of hydrogen-bond acceptors (Lipinski definition) is 8. The molecule has 192 valence electrons. The Bertz CT molecular complexity index is 1440. The third-order valence-electron chi connectivity index (χ3n) is 6.22. The van der Waals surface area contributed by atoms with Crippen LogP contribution in [0.5, 0.6) is 11.5 Å². The van der Waals surface area contributed by atoms with Gasteiger partial charge in [-0.1, -0.05) is 22.8 Å². The maximum absolute atomic E-state index is 14.5. The number of nitrogens with one attached hydrogen (secondary N) is 1. The fraction of sp³-hybridized carbons (Fsp3) is 0.308. The standard InChI is InChI=1S/C26H25ClFN5O4/c1-15-10-17(37-32-15)11-24(34)33-8-6-16(7-9-33)36-23-12-18-21(13-22(23)35-2)29-14-30-26(18)31-20-5-3-4-19(27)25(20)28/h3-5,10,12-14,16H,6-9,11H2,1-2H3,(H,29,30,31). The number of anilines is 2. The average Bonchev–Trinajstić information content (AvgIpc) is 3.31. The maximum atomic E-state index is 14.5. The summed E-state index contributed by atoms with van der Waals surface area (Å²) >= 11 is 5.93. The molecular formula is C26H25ClFN5O4. The zero-order valence-electron chi connectivity index (χ0n) is 20.3. The van der Waals surface area contributed by atoms with Crippen LogP contribution in [0.2, 0.25) is 5.02 Å². The summed E-state index contributed by atoms with van der Waals surface area (Å²) in [6.07, 6.45) is 2.78. The summed E-state index contributed by atoms with van der Waals surface area (Å²) in [5.74, 6) is 1.43. The molecule has 0 spiro atoms. The van der Waals surface area contributed by atoms with E-state index in [1.54, 1.807) is 37.4 Å². The van der Waals surface area contributed by atoms with Gasteiger partial charge in [0.05, 0.1) is 35.5 Å². The minimum atomic E-state index is -0.569. The normalized spacial score (nSPS) is 14.1. The molecule has 1 amide bonds. The molecule has 2 aromatic carbocycles. The number of fused-ring (bicyclic) bond motifs is 1. The molecule has 2 aromatic heterocycles. The van der Waals surface area contributed by atoms with E-state index in [0.29, 0.717) is 59.9 Å². The zero-order valence-corrected chi connectivity index (χ0v) is 21.1. The fourth-order valence-corrected chi connectivity index (χ4v) is 4.48. The number of hydrogen-bond donors (Lipinski definition) is 1. The number of rotatable bonds is 7. The van der Waals surface area contributed by atoms with Crippen molar-refractivity contribution < 1.29 is 23.2 Å². The lowest BCUT2D eigenvalue weighted by atomic mass is 10.1. The first kappa shape index (κ1) is 24.8. The highest BCUT2D eigenvalue weighted by Gasteiger charge is 2.26. The lowest BCUT2D eigenvalue weighted by molar-refractivity contribution is -0.132. The van der Waals surface area contributed by atoms with Gasteiger partial charge in [-0.3, -0.25) is 4.79 Å². The molecule has 11 heteroatoms. The Morgan fingerprint density at radius 2 is 2.03 bits per heavy atom. The second kappa shape index (κ2) is 10.6. The molecule has 0 bridgehead atoms. The van der Waals surface area contributed by atoms with E-state index in [1.165, 1.54) is 12.4 Å². The van der Waals surface area contributed by atoms with Crippen molar-refractivity contribution >= 4 is 39.9 Å². The Kier molecular flexibility index (Phi) is 7.09. The summed E-state index contributed by atoms with van der Waals surface area (Å²) in [4.78, 5) is 23.1. The van der Waals surface area contributed by atoms with Crippen LogP contribution in [0, 0.1) is 12.7 Å². The Labute approximate surface area is 217 Å². The van der Waals surface area contributed by atoms with Crippen LogP contribution < -0.4 is 14.8 Å². The lowest BCUT2D eigenvalue weighted by Gasteiger charge is -2.32. The predicted molar refractivity (Wildman–Crippen MR) is 136 cm³/mol. The van der Waals surface area contributed by atoms with Gasteiger partial charge in [0.25, 0.3) is 0 Å². The molecule has 1 aliphatic rings. The number of aryl methyl sites for hydroxylation is 1. The van der Waals surface area contributed by atoms with E-state index in [2.05, 4.69) is 20.4 Å². The SMILES string of the molecule is COc1cc2ncnc(Nc3cccc(Cl)c3F)c2cc1OC1CCN(C(=O)Cc2cc(C)no2)CC1. The van der Waals surface area contributed by atoms with Crippen LogP contribution in [0.4, 0.5) is 15.9 Å². The van der Waals surface area contributed by atoms with E-state index in [-0.39, 0.29) is 29.1 Å². The van der Waals surface area contributed by atoms with Crippen LogP contribution in [0.1, 0.15) is 24.3 Å². The topological polar surface area (TPSA) is 103 Å². The zero-order chi connectivity index (χ0) is 25.9. The number of amides is 1. The van der Waals surface area contributed by atoms with E-state index >= 15 is 0 Å². The Balaban J connectivity index is 1.31. The number of piperidine rings is 1. The van der Waals surface area contributed by atoms with Crippen LogP contribution in [0.3, 0.4) is 0 Å². The van der Waals surface area contributed by atoms with E-state index in [0.717, 1.165) is 5.69 Å². The molecule has 0 atom stereocenters. The van der Waals surface area contributed by atoms with Crippen LogP contribution in [-0.4, -0.2) is 52.2 Å². The number of likely N-dealkylation sites (tertiary alicyclic amines) is 1. The van der Waals surface area contributed by atoms with Crippen molar-refractivity contribution in [3.8, 4) is 11.5 Å². The van der Waals surface area contributed by atoms with Gasteiger partial charge < -0.3 is 24.2 Å². The summed E-state index contributed by atoms with van der Waals surface area (Å²) in [7, 11) is 1.56. The fourth-order valence-electron chi connectivity index (χ4n) is 4.31. The van der Waals surface area contributed by atoms with Crippen molar-refractivity contribution in [2.45, 2.75) is 32.3 Å². The molecule has 3 heterocycles. The highest BCUT2D eigenvalue weighted by atomic mass is 35.5. The van der Waals surface area contributed by atoms with Gasteiger partial charge in [0.2, 0.25) is 5.91 Å². The lowest BCUT2D eigenvalue weighted by Crippen LogP contribution is -2.42. The number of halogens is 2. The molecule has 4 aromatic rings. The van der Waals surface area contributed by atoms with Crippen molar-refractivity contribution in [1.29, 1.82) is 0 Å². The minimum Gasteiger partial charge on any atom is -0.493 e. The third kappa shape index (κ3) is 5.43. The monoisotopic (exact) mass is 525 g/mol. The number of carbonyl (C=O) groups excluding carboxylic acids is 1. The number of nitrogens with zero attached hydrogens (tertiary/aromatic N) is 4. The summed E-state index contributed by atoms with van der Waals surface area (Å²) in [5, 5.41) is 7.48. The van der Waals surface area contributed by atoms with Crippen LogP contribution in [-0.2, 0) is 11.2 Å². The van der Waals surface area contributed by atoms with Gasteiger partial charge in [0.1, 0.15) is 24.0 Å². The number of ether oxygens (including phenoxy) is 2. The molecule has 0 radical (unpaired) electrons. The van der Waals surface area contributed by atoms with E-state index < -0.39 is 5.82 Å². The van der Waals surface area contributed by atoms with Gasteiger partial charge in [-0.05, 0) is 25.1 Å². The second-order valence-corrected chi connectivity index (χ2v) is 9.19. The largest absolute Gasteiger partial charge is 0.493 e. The Morgan fingerprint density at radius 3 is 2.76 bits per heavy atom. The number of aromatic nitrogens is 3. The molecule has 1 aliphatic heterocycles. The van der Waals surface area contributed by atoms with Crippen LogP contribution in [0.25, 0.3) is 10.9 Å². The predicted octanol–water partition coefficient (Wildman–Crippen LogP) is 5.08. The highest BCUT2D eigenvalue weighted by molar-refractivity contribution is 6.31. The first-order valence-corrected chi connectivity index (χ1v) is 12.2. The smallest absolute Gasteiger partial charge is 0.230 e. The van der Waals surface area contributed by atoms with Crippen LogP contribution in [0.15, 0.2) is 47.2 Å². The molecule has 0 saturated carbocycles. The first-order valence-electron chi connectivity index (χ1n) is 11.8. The van der Waals surface area contributed by atoms with Crippen molar-refractivity contribution in [3.05, 3.63) is 65.0 Å². The molecule has 1 saturated heterocycles. The van der Waals surface area contributed by atoms with Gasteiger partial charge in [-0.15, -0.1) is 0 Å². The van der Waals surface area contributed by atoms with Gasteiger partial charge in [0, 0.05) is 43.5 Å². The summed E-state index contributed by atoms with van der Waals surface area (Å²) in [6, 6.07) is 10.0. The molecule has 9 nitrogen and oxygen atoms in total. The van der Waals surface area contributed by atoms with E-state index in [9.17, 15) is 9.18 Å². The second-order valence-electron chi connectivity index (χ2n) is 8.78. The molecule has 1 N–H and O–H groups in total.